The number of nitrogens with zero attached hydrogens (tertiary/aromatic N) is 3. The number of rotatable bonds is 8. The first kappa shape index (κ1) is 16.7. The standard InChI is InChI=1S/C18H22N4OS/c1-22(11-3-5-14-7-9-15(23-2)10-8-14)13-17-19-18(21-20-17)16-6-4-12-24-16/h4,6-10,12H,3,5,11,13H2,1-2H3,(H,19,20,21). The normalized spacial score (nSPS) is 11.1. The Morgan fingerprint density at radius 2 is 2.04 bits per heavy atom. The van der Waals surface area contributed by atoms with Gasteiger partial charge in [-0.2, -0.15) is 5.10 Å². The zero-order valence-electron chi connectivity index (χ0n) is 14.0. The topological polar surface area (TPSA) is 54.0 Å². The molecule has 0 fully saturated rings. The van der Waals surface area contributed by atoms with Crippen LogP contribution < -0.4 is 4.74 Å². The third-order valence-corrected chi connectivity index (χ3v) is 4.72. The van der Waals surface area contributed by atoms with Crippen molar-refractivity contribution in [2.75, 3.05) is 20.7 Å². The first-order valence-corrected chi connectivity index (χ1v) is 8.89. The highest BCUT2D eigenvalue weighted by atomic mass is 32.1. The van der Waals surface area contributed by atoms with Gasteiger partial charge in [0.1, 0.15) is 11.6 Å². The largest absolute Gasteiger partial charge is 0.497 e. The van der Waals surface area contributed by atoms with E-state index in [0.717, 1.165) is 48.2 Å². The van der Waals surface area contributed by atoms with Crippen molar-refractivity contribution in [3.8, 4) is 16.5 Å². The quantitative estimate of drug-likeness (QED) is 0.679. The number of hydrogen-bond donors (Lipinski definition) is 1. The lowest BCUT2D eigenvalue weighted by molar-refractivity contribution is 0.314. The summed E-state index contributed by atoms with van der Waals surface area (Å²) >= 11 is 1.65. The Morgan fingerprint density at radius 1 is 1.21 bits per heavy atom. The number of methoxy groups -OCH3 is 1. The van der Waals surface area contributed by atoms with Crippen molar-refractivity contribution in [1.82, 2.24) is 20.1 Å². The van der Waals surface area contributed by atoms with Crippen LogP contribution in [-0.2, 0) is 13.0 Å². The van der Waals surface area contributed by atoms with E-state index in [2.05, 4.69) is 39.3 Å². The second-order valence-electron chi connectivity index (χ2n) is 5.77. The van der Waals surface area contributed by atoms with Crippen molar-refractivity contribution in [2.45, 2.75) is 19.4 Å². The number of aromatic nitrogens is 3. The van der Waals surface area contributed by atoms with Crippen LogP contribution in [-0.4, -0.2) is 40.8 Å². The van der Waals surface area contributed by atoms with Crippen molar-refractivity contribution in [3.63, 3.8) is 0 Å². The van der Waals surface area contributed by atoms with Crippen LogP contribution in [0.5, 0.6) is 5.75 Å². The van der Waals surface area contributed by atoms with Gasteiger partial charge in [-0.1, -0.05) is 18.2 Å². The molecule has 0 spiro atoms. The SMILES string of the molecule is COc1ccc(CCCN(C)Cc2nc(-c3cccs3)n[nH]2)cc1. The Hall–Kier alpha value is -2.18. The van der Waals surface area contributed by atoms with Crippen LogP contribution in [0, 0.1) is 0 Å². The maximum absolute atomic E-state index is 5.18. The fourth-order valence-electron chi connectivity index (χ4n) is 2.56. The molecule has 2 heterocycles. The summed E-state index contributed by atoms with van der Waals surface area (Å²) in [6.45, 7) is 1.79. The second kappa shape index (κ2) is 8.08. The zero-order chi connectivity index (χ0) is 16.8. The van der Waals surface area contributed by atoms with Crippen LogP contribution in [0.1, 0.15) is 17.8 Å². The van der Waals surface area contributed by atoms with E-state index in [1.54, 1.807) is 18.4 Å². The molecule has 0 atom stereocenters. The summed E-state index contributed by atoms with van der Waals surface area (Å²) in [7, 11) is 3.80. The number of aryl methyl sites for hydroxylation is 1. The molecule has 1 aromatic carbocycles. The van der Waals surface area contributed by atoms with Gasteiger partial charge in [0.05, 0.1) is 18.5 Å². The fraction of sp³-hybridized carbons (Fsp3) is 0.333. The summed E-state index contributed by atoms with van der Waals surface area (Å²) in [6.07, 6.45) is 2.17. The molecule has 5 nitrogen and oxygen atoms in total. The van der Waals surface area contributed by atoms with Gasteiger partial charge in [-0.25, -0.2) is 4.98 Å². The van der Waals surface area contributed by atoms with E-state index in [1.807, 2.05) is 29.6 Å². The molecule has 126 valence electrons. The Morgan fingerprint density at radius 3 is 2.75 bits per heavy atom. The molecular weight excluding hydrogens is 320 g/mol. The smallest absolute Gasteiger partial charge is 0.191 e. The predicted octanol–water partition coefficient (Wildman–Crippen LogP) is 3.61. The molecule has 0 aliphatic carbocycles. The fourth-order valence-corrected chi connectivity index (χ4v) is 3.22. The van der Waals surface area contributed by atoms with Crippen LogP contribution in [0.25, 0.3) is 10.7 Å². The molecule has 0 unspecified atom stereocenters. The number of thiophene rings is 1. The molecule has 3 aromatic rings. The van der Waals surface area contributed by atoms with Crippen LogP contribution in [0.2, 0.25) is 0 Å². The van der Waals surface area contributed by atoms with E-state index in [1.165, 1.54) is 5.56 Å². The van der Waals surface area contributed by atoms with Gasteiger partial charge in [0, 0.05) is 0 Å². The number of nitrogens with one attached hydrogen (secondary N) is 1. The van der Waals surface area contributed by atoms with E-state index in [-0.39, 0.29) is 0 Å². The lowest BCUT2D eigenvalue weighted by Gasteiger charge is -2.14. The highest BCUT2D eigenvalue weighted by Crippen LogP contribution is 2.20. The van der Waals surface area contributed by atoms with E-state index in [9.17, 15) is 0 Å². The third-order valence-electron chi connectivity index (χ3n) is 3.86. The van der Waals surface area contributed by atoms with Crippen LogP contribution in [0.4, 0.5) is 0 Å². The maximum atomic E-state index is 5.18. The van der Waals surface area contributed by atoms with Gasteiger partial charge in [-0.3, -0.25) is 10.00 Å². The van der Waals surface area contributed by atoms with Gasteiger partial charge in [-0.15, -0.1) is 11.3 Å². The summed E-state index contributed by atoms with van der Waals surface area (Å²) < 4.78 is 5.18. The molecule has 6 heteroatoms. The van der Waals surface area contributed by atoms with Crippen molar-refractivity contribution in [3.05, 3.63) is 53.2 Å². The average molecular weight is 342 g/mol. The molecule has 1 N–H and O–H groups in total. The zero-order valence-corrected chi connectivity index (χ0v) is 14.8. The number of hydrogen-bond acceptors (Lipinski definition) is 5. The molecule has 3 rings (SSSR count). The second-order valence-corrected chi connectivity index (χ2v) is 6.72. The molecule has 0 aliphatic rings. The molecular formula is C18H22N4OS. The first-order chi connectivity index (χ1) is 11.7. The molecule has 0 aliphatic heterocycles. The monoisotopic (exact) mass is 342 g/mol. The average Bonchev–Trinajstić information content (AvgIpc) is 3.27. The third kappa shape index (κ3) is 4.43. The van der Waals surface area contributed by atoms with Gasteiger partial charge in [0.25, 0.3) is 0 Å². The van der Waals surface area contributed by atoms with Crippen molar-refractivity contribution in [1.29, 1.82) is 0 Å². The minimum absolute atomic E-state index is 0.779. The minimum atomic E-state index is 0.779. The number of ether oxygens (including phenoxy) is 1. The summed E-state index contributed by atoms with van der Waals surface area (Å²) in [4.78, 5) is 7.93. The Kier molecular flexibility index (Phi) is 5.61. The summed E-state index contributed by atoms with van der Waals surface area (Å²) in [5, 5.41) is 9.37. The molecule has 0 amide bonds. The highest BCUT2D eigenvalue weighted by molar-refractivity contribution is 7.13. The van der Waals surface area contributed by atoms with Gasteiger partial charge >= 0.3 is 0 Å². The maximum Gasteiger partial charge on any atom is 0.191 e. The summed E-state index contributed by atoms with van der Waals surface area (Å²) in [5.74, 6) is 2.60. The molecule has 0 bridgehead atoms. The molecule has 0 saturated carbocycles. The van der Waals surface area contributed by atoms with Gasteiger partial charge in [-0.05, 0) is 55.6 Å². The minimum Gasteiger partial charge on any atom is -0.497 e. The van der Waals surface area contributed by atoms with E-state index in [0.29, 0.717) is 0 Å². The number of aromatic amines is 1. The van der Waals surface area contributed by atoms with E-state index in [4.69, 9.17) is 4.74 Å². The predicted molar refractivity (Wildman–Crippen MR) is 97.3 cm³/mol. The van der Waals surface area contributed by atoms with Crippen molar-refractivity contribution >= 4 is 11.3 Å². The molecule has 2 aromatic heterocycles. The Labute approximate surface area is 146 Å². The molecule has 24 heavy (non-hydrogen) atoms. The first-order valence-electron chi connectivity index (χ1n) is 8.01. The van der Waals surface area contributed by atoms with Crippen LogP contribution in [0.15, 0.2) is 41.8 Å². The highest BCUT2D eigenvalue weighted by Gasteiger charge is 2.08. The summed E-state index contributed by atoms with van der Waals surface area (Å²) in [5.41, 5.74) is 1.34. The number of benzene rings is 1. The molecule has 0 saturated heterocycles. The van der Waals surface area contributed by atoms with Crippen LogP contribution in [0.3, 0.4) is 0 Å². The van der Waals surface area contributed by atoms with Crippen LogP contribution >= 0.6 is 11.3 Å². The van der Waals surface area contributed by atoms with Crippen molar-refractivity contribution < 1.29 is 4.74 Å². The van der Waals surface area contributed by atoms with Crippen molar-refractivity contribution in [2.24, 2.45) is 0 Å². The van der Waals surface area contributed by atoms with Gasteiger partial charge < -0.3 is 4.74 Å². The number of H-pyrrole nitrogens is 1. The molecule has 0 radical (unpaired) electrons. The van der Waals surface area contributed by atoms with Gasteiger partial charge in [0.15, 0.2) is 5.82 Å². The van der Waals surface area contributed by atoms with E-state index < -0.39 is 0 Å². The Bertz CT molecular complexity index is 737. The summed E-state index contributed by atoms with van der Waals surface area (Å²) in [6, 6.07) is 12.3. The Balaban J connectivity index is 1.44. The lowest BCUT2D eigenvalue weighted by atomic mass is 10.1. The lowest BCUT2D eigenvalue weighted by Crippen LogP contribution is -2.20. The van der Waals surface area contributed by atoms with Gasteiger partial charge in [0.2, 0.25) is 0 Å². The van der Waals surface area contributed by atoms with E-state index >= 15 is 0 Å².